The van der Waals surface area contributed by atoms with E-state index in [1.54, 1.807) is 34.5 Å². The van der Waals surface area contributed by atoms with Crippen LogP contribution in [0.3, 0.4) is 0 Å². The Bertz CT molecular complexity index is 858. The zero-order chi connectivity index (χ0) is 23.1. The molecule has 2 saturated heterocycles. The molecule has 0 atom stereocenters. The highest BCUT2D eigenvalue weighted by molar-refractivity contribution is 7.86. The molecular weight excluding hydrogens is 430 g/mol. The lowest BCUT2D eigenvalue weighted by Crippen LogP contribution is -2.54. The number of nitrogens with zero attached hydrogens (tertiary/aromatic N) is 3. The highest BCUT2D eigenvalue weighted by atomic mass is 32.2. The third kappa shape index (κ3) is 6.14. The maximum Gasteiger partial charge on any atom is 0.282 e. The summed E-state index contributed by atoms with van der Waals surface area (Å²) in [6, 6.07) is 5.22. The van der Waals surface area contributed by atoms with E-state index in [4.69, 9.17) is 9.47 Å². The molecule has 2 heterocycles. The van der Waals surface area contributed by atoms with E-state index in [1.165, 1.54) is 4.31 Å². The molecule has 2 aliphatic heterocycles. The van der Waals surface area contributed by atoms with Crippen LogP contribution in [0.25, 0.3) is 0 Å². The van der Waals surface area contributed by atoms with Gasteiger partial charge in [0.25, 0.3) is 16.1 Å². The minimum atomic E-state index is -3.46. The smallest absolute Gasteiger partial charge is 0.282 e. The minimum Gasteiger partial charge on any atom is -0.493 e. The van der Waals surface area contributed by atoms with Gasteiger partial charge in [-0.15, -0.1) is 0 Å². The van der Waals surface area contributed by atoms with Gasteiger partial charge in [0.2, 0.25) is 0 Å². The van der Waals surface area contributed by atoms with E-state index in [1.807, 2.05) is 0 Å². The molecule has 0 bridgehead atoms. The second-order valence-electron chi connectivity index (χ2n) is 8.91. The summed E-state index contributed by atoms with van der Waals surface area (Å²) in [5, 5.41) is 0. The Morgan fingerprint density at radius 1 is 0.938 bits per heavy atom. The summed E-state index contributed by atoms with van der Waals surface area (Å²) in [6.07, 6.45) is 4.93. The van der Waals surface area contributed by atoms with Crippen molar-refractivity contribution in [3.8, 4) is 11.5 Å². The molecule has 9 heteroatoms. The van der Waals surface area contributed by atoms with E-state index in [0.29, 0.717) is 68.9 Å². The van der Waals surface area contributed by atoms with Crippen molar-refractivity contribution < 1.29 is 22.7 Å². The molecule has 0 aromatic heterocycles. The van der Waals surface area contributed by atoms with Gasteiger partial charge >= 0.3 is 0 Å². The standard InChI is InChI=1S/C23H37N3O5S/c1-19(2)10-17-31-21-9-8-20(18-22(21)30-3)23(27)24-13-15-26(16-14-24)32(28,29)25-11-6-4-5-7-12-25/h8-9,18-19H,4-7,10-17H2,1-3H3. The number of hydrogen-bond donors (Lipinski definition) is 0. The number of hydrogen-bond acceptors (Lipinski definition) is 5. The van der Waals surface area contributed by atoms with Crippen molar-refractivity contribution in [2.75, 3.05) is 53.0 Å². The van der Waals surface area contributed by atoms with Gasteiger partial charge in [0.05, 0.1) is 13.7 Å². The summed E-state index contributed by atoms with van der Waals surface area (Å²) in [5.41, 5.74) is 0.516. The fraction of sp³-hybridized carbons (Fsp3) is 0.696. The molecular formula is C23H37N3O5S. The number of carbonyl (C=O) groups is 1. The number of amides is 1. The van der Waals surface area contributed by atoms with Crippen molar-refractivity contribution >= 4 is 16.1 Å². The number of piperazine rings is 1. The largest absolute Gasteiger partial charge is 0.493 e. The zero-order valence-corrected chi connectivity index (χ0v) is 20.4. The highest BCUT2D eigenvalue weighted by Crippen LogP contribution is 2.29. The number of benzene rings is 1. The lowest BCUT2D eigenvalue weighted by atomic mass is 10.1. The lowest BCUT2D eigenvalue weighted by Gasteiger charge is -2.36. The first-order valence-electron chi connectivity index (χ1n) is 11.7. The van der Waals surface area contributed by atoms with Crippen molar-refractivity contribution in [3.63, 3.8) is 0 Å². The normalized spacial score (nSPS) is 19.1. The predicted molar refractivity (Wildman–Crippen MR) is 124 cm³/mol. The molecule has 180 valence electrons. The topological polar surface area (TPSA) is 79.4 Å². The number of methoxy groups -OCH3 is 1. The van der Waals surface area contributed by atoms with Gasteiger partial charge in [-0.3, -0.25) is 4.79 Å². The van der Waals surface area contributed by atoms with Crippen LogP contribution in [-0.4, -0.2) is 80.8 Å². The number of ether oxygens (including phenoxy) is 2. The molecule has 3 rings (SSSR count). The van der Waals surface area contributed by atoms with Crippen LogP contribution >= 0.6 is 0 Å². The Labute approximate surface area is 192 Å². The van der Waals surface area contributed by atoms with Crippen molar-refractivity contribution in [2.45, 2.75) is 46.0 Å². The molecule has 0 spiro atoms. The Balaban J connectivity index is 1.60. The van der Waals surface area contributed by atoms with Crippen molar-refractivity contribution in [3.05, 3.63) is 23.8 Å². The van der Waals surface area contributed by atoms with Crippen LogP contribution in [0.15, 0.2) is 18.2 Å². The Morgan fingerprint density at radius 3 is 2.16 bits per heavy atom. The molecule has 2 fully saturated rings. The summed E-state index contributed by atoms with van der Waals surface area (Å²) >= 11 is 0. The molecule has 1 aromatic rings. The van der Waals surface area contributed by atoms with Gasteiger partial charge in [-0.2, -0.15) is 17.0 Å². The summed E-state index contributed by atoms with van der Waals surface area (Å²) in [7, 11) is -1.90. The Kier molecular flexibility index (Phi) is 8.79. The first-order valence-corrected chi connectivity index (χ1v) is 13.1. The van der Waals surface area contributed by atoms with Crippen molar-refractivity contribution in [1.29, 1.82) is 0 Å². The predicted octanol–water partition coefficient (Wildman–Crippen LogP) is 3.00. The van der Waals surface area contributed by atoms with E-state index in [9.17, 15) is 13.2 Å². The highest BCUT2D eigenvalue weighted by Gasteiger charge is 2.33. The van der Waals surface area contributed by atoms with Crippen LogP contribution in [0.5, 0.6) is 11.5 Å². The molecule has 0 N–H and O–H groups in total. The summed E-state index contributed by atoms with van der Waals surface area (Å²) in [6.45, 7) is 7.44. The van der Waals surface area contributed by atoms with Gasteiger partial charge in [-0.1, -0.05) is 26.7 Å². The first kappa shape index (κ1) is 24.8. The lowest BCUT2D eigenvalue weighted by molar-refractivity contribution is 0.0693. The van der Waals surface area contributed by atoms with E-state index < -0.39 is 10.2 Å². The maximum absolute atomic E-state index is 13.0. The van der Waals surface area contributed by atoms with Gasteiger partial charge < -0.3 is 14.4 Å². The summed E-state index contributed by atoms with van der Waals surface area (Å²) in [4.78, 5) is 14.7. The zero-order valence-electron chi connectivity index (χ0n) is 19.6. The maximum atomic E-state index is 13.0. The van der Waals surface area contributed by atoms with E-state index in [0.717, 1.165) is 32.1 Å². The summed E-state index contributed by atoms with van der Waals surface area (Å²) in [5.74, 6) is 1.58. The monoisotopic (exact) mass is 467 g/mol. The second kappa shape index (κ2) is 11.3. The molecule has 0 unspecified atom stereocenters. The average Bonchev–Trinajstić information content (AvgIpc) is 3.09. The molecule has 0 aliphatic carbocycles. The Hall–Kier alpha value is -1.84. The van der Waals surface area contributed by atoms with Crippen LogP contribution < -0.4 is 9.47 Å². The van der Waals surface area contributed by atoms with Crippen LogP contribution in [0.4, 0.5) is 0 Å². The molecule has 1 aromatic carbocycles. The SMILES string of the molecule is COc1cc(C(=O)N2CCN(S(=O)(=O)N3CCCCCC3)CC2)ccc1OCCC(C)C. The van der Waals surface area contributed by atoms with E-state index in [-0.39, 0.29) is 5.91 Å². The Morgan fingerprint density at radius 2 is 1.56 bits per heavy atom. The number of rotatable bonds is 8. The third-order valence-corrected chi connectivity index (χ3v) is 8.14. The van der Waals surface area contributed by atoms with E-state index in [2.05, 4.69) is 13.8 Å². The molecule has 2 aliphatic rings. The van der Waals surface area contributed by atoms with Gasteiger partial charge in [0.15, 0.2) is 11.5 Å². The minimum absolute atomic E-state index is 0.121. The molecule has 8 nitrogen and oxygen atoms in total. The first-order chi connectivity index (χ1) is 15.3. The molecule has 32 heavy (non-hydrogen) atoms. The third-order valence-electron chi connectivity index (χ3n) is 6.11. The van der Waals surface area contributed by atoms with Crippen LogP contribution in [0, 0.1) is 5.92 Å². The van der Waals surface area contributed by atoms with E-state index >= 15 is 0 Å². The van der Waals surface area contributed by atoms with Gasteiger partial charge in [-0.25, -0.2) is 0 Å². The number of carbonyl (C=O) groups excluding carboxylic acids is 1. The van der Waals surface area contributed by atoms with Crippen molar-refractivity contribution in [1.82, 2.24) is 13.5 Å². The van der Waals surface area contributed by atoms with Crippen LogP contribution in [-0.2, 0) is 10.2 Å². The quantitative estimate of drug-likeness (QED) is 0.587. The fourth-order valence-electron chi connectivity index (χ4n) is 4.06. The fourth-order valence-corrected chi connectivity index (χ4v) is 5.74. The average molecular weight is 468 g/mol. The summed E-state index contributed by atoms with van der Waals surface area (Å²) < 4.78 is 40.4. The van der Waals surface area contributed by atoms with Gasteiger partial charge in [0.1, 0.15) is 0 Å². The van der Waals surface area contributed by atoms with Gasteiger partial charge in [0, 0.05) is 44.8 Å². The molecule has 0 radical (unpaired) electrons. The molecule has 0 saturated carbocycles. The van der Waals surface area contributed by atoms with Crippen LogP contribution in [0.2, 0.25) is 0 Å². The second-order valence-corrected chi connectivity index (χ2v) is 10.8. The van der Waals surface area contributed by atoms with Gasteiger partial charge in [-0.05, 0) is 43.4 Å². The van der Waals surface area contributed by atoms with Crippen molar-refractivity contribution in [2.24, 2.45) is 5.92 Å². The van der Waals surface area contributed by atoms with Crippen LogP contribution in [0.1, 0.15) is 56.3 Å². The molecule has 1 amide bonds.